The van der Waals surface area contributed by atoms with Crippen LogP contribution in [-0.2, 0) is 26.5 Å². The van der Waals surface area contributed by atoms with E-state index < -0.39 is 0 Å². The van der Waals surface area contributed by atoms with Crippen LogP contribution in [0, 0.1) is 18.8 Å². The molecule has 0 atom stereocenters. The Balaban J connectivity index is 0.00000387. The summed E-state index contributed by atoms with van der Waals surface area (Å²) < 4.78 is 8.26. The number of hydrogen-bond acceptors (Lipinski definition) is 6. The minimum absolute atomic E-state index is 0. The molecule has 2 aromatic heterocycles. The Morgan fingerprint density at radius 3 is 2.27 bits per heavy atom. The Hall–Kier alpha value is -5.78. The third-order valence-corrected chi connectivity index (χ3v) is 9.28. The zero-order chi connectivity index (χ0) is 34.5. The van der Waals surface area contributed by atoms with E-state index >= 15 is 0 Å². The molecule has 6 aromatic carbocycles. The molecule has 0 N–H and O–H groups in total. The van der Waals surface area contributed by atoms with Crippen molar-refractivity contribution in [1.82, 2.24) is 19.5 Å². The van der Waals surface area contributed by atoms with Gasteiger partial charge in [0, 0.05) is 55.0 Å². The normalized spacial score (nSPS) is 12.6. The van der Waals surface area contributed by atoms with Crippen LogP contribution in [0.25, 0.3) is 38.9 Å². The van der Waals surface area contributed by atoms with Gasteiger partial charge in [0.1, 0.15) is 6.33 Å². The van der Waals surface area contributed by atoms with E-state index in [9.17, 15) is 0 Å². The number of para-hydroxylation sites is 4. The van der Waals surface area contributed by atoms with Crippen molar-refractivity contribution >= 4 is 44.6 Å². The fourth-order valence-corrected chi connectivity index (χ4v) is 6.77. The number of hydrogen-bond donors (Lipinski definition) is 0. The molecule has 0 amide bonds. The minimum atomic E-state index is -0.0168. The third-order valence-electron chi connectivity index (χ3n) is 9.28. The predicted octanol–water partition coefficient (Wildman–Crippen LogP) is 10.7. The molecule has 52 heavy (non-hydrogen) atoms. The smallest absolute Gasteiger partial charge is 0.324 e. The van der Waals surface area contributed by atoms with Gasteiger partial charge in [0.15, 0.2) is 0 Å². The van der Waals surface area contributed by atoms with E-state index in [-0.39, 0.29) is 32.5 Å². The van der Waals surface area contributed by atoms with Gasteiger partial charge in [-0.1, -0.05) is 99.1 Å². The summed E-state index contributed by atoms with van der Waals surface area (Å²) in [5.74, 6) is 0.941. The van der Waals surface area contributed by atoms with Crippen molar-refractivity contribution in [2.24, 2.45) is 0 Å². The SMILES string of the molecule is CC(C)(C)c1ccc(-c2ccccc2)c(N2[CH-]N(c3[c-]c(Oc4ncnc(-n5c6[c-]cccc6c6ccccc65)n4)ccc3)c3ccccc32)c1.[Pt]. The molecule has 1 aliphatic rings. The van der Waals surface area contributed by atoms with Crippen LogP contribution >= 0.6 is 0 Å². The first-order chi connectivity index (χ1) is 24.9. The Morgan fingerprint density at radius 2 is 1.44 bits per heavy atom. The van der Waals surface area contributed by atoms with Crippen molar-refractivity contribution in [2.45, 2.75) is 26.2 Å². The molecule has 7 nitrogen and oxygen atoms in total. The molecule has 8 heteroatoms. The van der Waals surface area contributed by atoms with Gasteiger partial charge in [0.05, 0.1) is 0 Å². The minimum Gasteiger partial charge on any atom is -0.493 e. The van der Waals surface area contributed by atoms with E-state index in [1.807, 2.05) is 47.0 Å². The largest absolute Gasteiger partial charge is 0.493 e. The van der Waals surface area contributed by atoms with E-state index in [1.54, 1.807) is 0 Å². The second-order valence-corrected chi connectivity index (χ2v) is 13.5. The van der Waals surface area contributed by atoms with Gasteiger partial charge < -0.3 is 19.1 Å². The van der Waals surface area contributed by atoms with Gasteiger partial charge >= 0.3 is 6.01 Å². The van der Waals surface area contributed by atoms with Crippen LogP contribution in [0.4, 0.5) is 22.7 Å². The van der Waals surface area contributed by atoms with Crippen molar-refractivity contribution in [1.29, 1.82) is 0 Å². The summed E-state index contributed by atoms with van der Waals surface area (Å²) in [4.78, 5) is 18.1. The Labute approximate surface area is 317 Å². The monoisotopic (exact) mass is 856 g/mol. The predicted molar refractivity (Wildman–Crippen MR) is 204 cm³/mol. The van der Waals surface area contributed by atoms with Crippen molar-refractivity contribution in [2.75, 3.05) is 9.80 Å². The number of anilines is 4. The van der Waals surface area contributed by atoms with Gasteiger partial charge in [-0.3, -0.25) is 0 Å². The number of nitrogens with zero attached hydrogens (tertiary/aromatic N) is 6. The van der Waals surface area contributed by atoms with E-state index in [0.29, 0.717) is 11.7 Å². The third kappa shape index (κ3) is 5.91. The fourth-order valence-electron chi connectivity index (χ4n) is 6.77. The maximum absolute atomic E-state index is 6.28. The van der Waals surface area contributed by atoms with Gasteiger partial charge in [-0.05, 0) is 46.2 Å². The zero-order valence-electron chi connectivity index (χ0n) is 28.8. The van der Waals surface area contributed by atoms with Crippen molar-refractivity contribution in [3.05, 3.63) is 164 Å². The fraction of sp³-hybridized carbons (Fsp3) is 0.0909. The first-order valence-corrected chi connectivity index (χ1v) is 16.9. The van der Waals surface area contributed by atoms with E-state index in [0.717, 1.165) is 55.7 Å². The molecule has 0 aliphatic carbocycles. The van der Waals surface area contributed by atoms with Crippen molar-refractivity contribution < 1.29 is 25.8 Å². The zero-order valence-corrected chi connectivity index (χ0v) is 31.0. The number of fused-ring (bicyclic) bond motifs is 4. The Morgan fingerprint density at radius 1 is 0.692 bits per heavy atom. The number of rotatable bonds is 6. The summed E-state index contributed by atoms with van der Waals surface area (Å²) in [6.07, 6.45) is 1.48. The Kier molecular flexibility index (Phi) is 8.60. The van der Waals surface area contributed by atoms with Crippen molar-refractivity contribution in [3.63, 3.8) is 0 Å². The van der Waals surface area contributed by atoms with Crippen LogP contribution in [0.3, 0.4) is 0 Å². The quantitative estimate of drug-likeness (QED) is 0.155. The molecule has 8 aromatic rings. The molecule has 0 fully saturated rings. The van der Waals surface area contributed by atoms with E-state index in [1.165, 1.54) is 11.9 Å². The summed E-state index contributed by atoms with van der Waals surface area (Å²) in [5.41, 5.74) is 9.48. The molecule has 0 spiro atoms. The molecule has 0 radical (unpaired) electrons. The molecular formula is C44H33N6OPt-3. The maximum Gasteiger partial charge on any atom is 0.324 e. The van der Waals surface area contributed by atoms with Gasteiger partial charge in [-0.25, -0.2) is 4.98 Å². The van der Waals surface area contributed by atoms with Crippen LogP contribution < -0.4 is 14.5 Å². The number of ether oxygens (including phenoxy) is 1. The molecule has 0 saturated heterocycles. The second kappa shape index (κ2) is 13.4. The number of benzene rings is 6. The van der Waals surface area contributed by atoms with Crippen LogP contribution in [0.15, 0.2) is 140 Å². The van der Waals surface area contributed by atoms with E-state index in [4.69, 9.17) is 9.72 Å². The average Bonchev–Trinajstić information content (AvgIpc) is 3.71. The van der Waals surface area contributed by atoms with Crippen LogP contribution in [0.2, 0.25) is 0 Å². The second-order valence-electron chi connectivity index (χ2n) is 13.5. The van der Waals surface area contributed by atoms with Crippen LogP contribution in [0.1, 0.15) is 26.3 Å². The first kappa shape index (κ1) is 33.4. The van der Waals surface area contributed by atoms with Gasteiger partial charge in [-0.2, -0.15) is 40.3 Å². The van der Waals surface area contributed by atoms with E-state index in [2.05, 4.69) is 150 Å². The van der Waals surface area contributed by atoms with Crippen LogP contribution in [0.5, 0.6) is 11.8 Å². The molecule has 0 unspecified atom stereocenters. The summed E-state index contributed by atoms with van der Waals surface area (Å²) in [5, 5.41) is 2.18. The topological polar surface area (TPSA) is 59.3 Å². The van der Waals surface area contributed by atoms with Gasteiger partial charge in [-0.15, -0.1) is 35.9 Å². The molecule has 0 saturated carbocycles. The van der Waals surface area contributed by atoms with Crippen LogP contribution in [-0.4, -0.2) is 19.5 Å². The molecule has 3 heterocycles. The molecule has 9 rings (SSSR count). The standard InChI is InChI=1S/C44H33N6O.Pt/c1-44(2,3)31-24-25-34(30-14-5-4-6-15-30)41(26-31)49-29-48(39-22-11-12-23-40(39)49)32-16-13-17-33(27-32)51-43-46-28-45-42(47-43)50-37-20-9-7-18-35(37)36-19-8-10-21-38(36)50;/h4-20,22-26,28-29H,1-3H3;/q-3;. The first-order valence-electron chi connectivity index (χ1n) is 16.9. The number of aromatic nitrogens is 4. The molecule has 0 bridgehead atoms. The summed E-state index contributed by atoms with van der Waals surface area (Å²) in [7, 11) is 0. The molecule has 258 valence electrons. The maximum atomic E-state index is 6.28. The summed E-state index contributed by atoms with van der Waals surface area (Å²) in [6.45, 7) is 8.88. The summed E-state index contributed by atoms with van der Waals surface area (Å²) >= 11 is 0. The summed E-state index contributed by atoms with van der Waals surface area (Å²) in [6, 6.07) is 52.8. The van der Waals surface area contributed by atoms with Crippen molar-refractivity contribution in [3.8, 4) is 28.8 Å². The Bertz CT molecular complexity index is 2510. The average molecular weight is 857 g/mol. The van der Waals surface area contributed by atoms with Gasteiger partial charge in [0.25, 0.3) is 0 Å². The molecular weight excluding hydrogens is 824 g/mol. The molecule has 1 aliphatic heterocycles. The van der Waals surface area contributed by atoms with Gasteiger partial charge in [0.2, 0.25) is 5.95 Å².